The lowest BCUT2D eigenvalue weighted by atomic mass is 10.1. The molecule has 13 heavy (non-hydrogen) atoms. The van der Waals surface area contributed by atoms with Crippen LogP contribution in [0.2, 0.25) is 0 Å². The Bertz CT molecular complexity index is 304. The van der Waals surface area contributed by atoms with Crippen LogP contribution in [0.3, 0.4) is 0 Å². The van der Waals surface area contributed by atoms with E-state index < -0.39 is 6.10 Å². The molecule has 3 N–H and O–H groups in total. The molecule has 0 amide bonds. The maximum absolute atomic E-state index is 9.66. The van der Waals surface area contributed by atoms with Crippen LogP contribution >= 0.6 is 0 Å². The lowest BCUT2D eigenvalue weighted by Gasteiger charge is -2.11. The molecule has 1 atom stereocenters. The van der Waals surface area contributed by atoms with E-state index in [1.165, 1.54) is 18.2 Å². The molecule has 0 radical (unpaired) electrons. The van der Waals surface area contributed by atoms with E-state index >= 15 is 0 Å². The van der Waals surface area contributed by atoms with Gasteiger partial charge in [-0.25, -0.2) is 0 Å². The summed E-state index contributed by atoms with van der Waals surface area (Å²) in [5, 5.41) is 21.8. The van der Waals surface area contributed by atoms with Gasteiger partial charge in [-0.1, -0.05) is 19.0 Å². The molecule has 1 unspecified atom stereocenters. The molecule has 0 fully saturated rings. The second-order valence-electron chi connectivity index (χ2n) is 2.83. The SMILES string of the molecule is [2H]c1ccc(O)cc1C(O)CNCC. The third-order valence-corrected chi connectivity index (χ3v) is 1.75. The number of phenolic OH excluding ortho intramolecular Hbond substituents is 1. The summed E-state index contributed by atoms with van der Waals surface area (Å²) < 4.78 is 7.53. The van der Waals surface area contributed by atoms with Crippen LogP contribution in [0.25, 0.3) is 0 Å². The number of nitrogens with one attached hydrogen (secondary N) is 1. The van der Waals surface area contributed by atoms with Crippen LogP contribution in [0.5, 0.6) is 5.75 Å². The summed E-state index contributed by atoms with van der Waals surface area (Å²) in [7, 11) is 0. The topological polar surface area (TPSA) is 52.5 Å². The van der Waals surface area contributed by atoms with Crippen molar-refractivity contribution < 1.29 is 11.6 Å². The predicted molar refractivity (Wildman–Crippen MR) is 51.6 cm³/mol. The summed E-state index contributed by atoms with van der Waals surface area (Å²) in [5.74, 6) is 0.0755. The summed E-state index contributed by atoms with van der Waals surface area (Å²) in [6.45, 7) is 3.10. The average Bonchev–Trinajstić information content (AvgIpc) is 2.18. The van der Waals surface area contributed by atoms with Crippen molar-refractivity contribution in [1.82, 2.24) is 5.32 Å². The molecule has 3 heteroatoms. The van der Waals surface area contributed by atoms with Crippen molar-refractivity contribution in [1.29, 1.82) is 0 Å². The molecular weight excluding hydrogens is 166 g/mol. The van der Waals surface area contributed by atoms with Gasteiger partial charge in [0.05, 0.1) is 7.47 Å². The average molecular weight is 182 g/mol. The summed E-state index contributed by atoms with van der Waals surface area (Å²) in [4.78, 5) is 0. The number of rotatable bonds is 4. The Morgan fingerprint density at radius 1 is 1.69 bits per heavy atom. The number of likely N-dealkylation sites (N-methyl/N-ethyl adjacent to an activating group) is 1. The van der Waals surface area contributed by atoms with Crippen molar-refractivity contribution in [3.05, 3.63) is 29.8 Å². The third kappa shape index (κ3) is 3.05. The molecule has 1 aromatic rings. The molecule has 0 saturated carbocycles. The molecule has 0 aliphatic rings. The fourth-order valence-electron chi connectivity index (χ4n) is 1.06. The van der Waals surface area contributed by atoms with Gasteiger partial charge in [0.1, 0.15) is 5.75 Å². The third-order valence-electron chi connectivity index (χ3n) is 1.75. The van der Waals surface area contributed by atoms with Gasteiger partial charge >= 0.3 is 0 Å². The Labute approximate surface area is 79.4 Å². The van der Waals surface area contributed by atoms with Gasteiger partial charge in [-0.3, -0.25) is 0 Å². The smallest absolute Gasteiger partial charge is 0.115 e. The lowest BCUT2D eigenvalue weighted by Crippen LogP contribution is -2.20. The number of hydrogen-bond donors (Lipinski definition) is 3. The predicted octanol–water partition coefficient (Wildman–Crippen LogP) is 1.04. The Morgan fingerprint density at radius 3 is 3.15 bits per heavy atom. The fraction of sp³-hybridized carbons (Fsp3) is 0.400. The highest BCUT2D eigenvalue weighted by Crippen LogP contribution is 2.17. The van der Waals surface area contributed by atoms with E-state index in [4.69, 9.17) is 1.37 Å². The van der Waals surface area contributed by atoms with E-state index in [0.29, 0.717) is 12.1 Å². The zero-order valence-electron chi connectivity index (χ0n) is 8.62. The van der Waals surface area contributed by atoms with E-state index in [1.807, 2.05) is 6.92 Å². The van der Waals surface area contributed by atoms with Crippen LogP contribution in [0.1, 0.15) is 20.0 Å². The number of aliphatic hydroxyl groups is 1. The maximum atomic E-state index is 9.66. The van der Waals surface area contributed by atoms with Crippen LogP contribution in [0, 0.1) is 0 Å². The second kappa shape index (κ2) is 4.84. The molecule has 0 aliphatic heterocycles. The summed E-state index contributed by atoms with van der Waals surface area (Å²) in [6.07, 6.45) is -0.741. The highest BCUT2D eigenvalue weighted by Gasteiger charge is 2.06. The number of benzene rings is 1. The minimum atomic E-state index is -0.741. The van der Waals surface area contributed by atoms with Crippen molar-refractivity contribution in [2.75, 3.05) is 13.1 Å². The Balaban J connectivity index is 2.77. The first-order valence-corrected chi connectivity index (χ1v) is 4.33. The van der Waals surface area contributed by atoms with Crippen molar-refractivity contribution in [2.24, 2.45) is 0 Å². The van der Waals surface area contributed by atoms with Gasteiger partial charge in [-0.15, -0.1) is 0 Å². The largest absolute Gasteiger partial charge is 0.508 e. The quantitative estimate of drug-likeness (QED) is 0.652. The van der Waals surface area contributed by atoms with E-state index in [9.17, 15) is 10.2 Å². The molecule has 1 rings (SSSR count). The molecule has 0 heterocycles. The first kappa shape index (κ1) is 8.53. The molecule has 0 bridgehead atoms. The van der Waals surface area contributed by atoms with Crippen LogP contribution < -0.4 is 5.32 Å². The van der Waals surface area contributed by atoms with Gasteiger partial charge in [0.15, 0.2) is 0 Å². The minimum absolute atomic E-state index is 0.0755. The maximum Gasteiger partial charge on any atom is 0.115 e. The van der Waals surface area contributed by atoms with E-state index in [0.717, 1.165) is 6.54 Å². The van der Waals surface area contributed by atoms with Crippen molar-refractivity contribution in [3.8, 4) is 5.75 Å². The van der Waals surface area contributed by atoms with Crippen molar-refractivity contribution >= 4 is 0 Å². The van der Waals surface area contributed by atoms with Crippen molar-refractivity contribution in [2.45, 2.75) is 13.0 Å². The summed E-state index contributed by atoms with van der Waals surface area (Å²) >= 11 is 0. The van der Waals surface area contributed by atoms with Crippen molar-refractivity contribution in [3.63, 3.8) is 0 Å². The summed E-state index contributed by atoms with van der Waals surface area (Å²) in [5.41, 5.74) is 0.450. The van der Waals surface area contributed by atoms with Gasteiger partial charge in [0.25, 0.3) is 0 Å². The minimum Gasteiger partial charge on any atom is -0.508 e. The standard InChI is InChI=1S/C10H15NO2/c1-2-11-7-10(13)8-4-3-5-9(12)6-8/h3-6,10-13H,2,7H2,1H3/i4D. The molecule has 72 valence electrons. The highest BCUT2D eigenvalue weighted by atomic mass is 16.3. The Kier molecular flexibility index (Phi) is 3.18. The zero-order chi connectivity index (χ0) is 10.6. The van der Waals surface area contributed by atoms with Gasteiger partial charge in [0, 0.05) is 6.54 Å². The second-order valence-corrected chi connectivity index (χ2v) is 2.83. The van der Waals surface area contributed by atoms with Gasteiger partial charge in [-0.2, -0.15) is 0 Å². The molecule has 1 aromatic carbocycles. The van der Waals surface area contributed by atoms with E-state index in [2.05, 4.69) is 5.32 Å². The van der Waals surface area contributed by atoms with E-state index in [1.54, 1.807) is 0 Å². The van der Waals surface area contributed by atoms with Crippen LogP contribution in [-0.2, 0) is 0 Å². The number of hydrogen-bond acceptors (Lipinski definition) is 3. The number of aromatic hydroxyl groups is 1. The fourth-order valence-corrected chi connectivity index (χ4v) is 1.06. The monoisotopic (exact) mass is 182 g/mol. The van der Waals surface area contributed by atoms with Gasteiger partial charge < -0.3 is 15.5 Å². The van der Waals surface area contributed by atoms with Crippen LogP contribution in [0.4, 0.5) is 0 Å². The van der Waals surface area contributed by atoms with Crippen LogP contribution in [0.15, 0.2) is 24.2 Å². The first-order valence-electron chi connectivity index (χ1n) is 4.83. The zero-order valence-corrected chi connectivity index (χ0v) is 7.62. The van der Waals surface area contributed by atoms with Gasteiger partial charge in [-0.05, 0) is 24.2 Å². The summed E-state index contributed by atoms with van der Waals surface area (Å²) in [6, 6.07) is 4.57. The molecule has 0 aromatic heterocycles. The Hall–Kier alpha value is -1.06. The molecule has 0 saturated heterocycles. The molecule has 0 spiro atoms. The molecule has 0 aliphatic carbocycles. The number of aliphatic hydroxyl groups excluding tert-OH is 1. The van der Waals surface area contributed by atoms with E-state index in [-0.39, 0.29) is 11.8 Å². The molecular formula is C10H15NO2. The van der Waals surface area contributed by atoms with Crippen LogP contribution in [-0.4, -0.2) is 23.3 Å². The Morgan fingerprint density at radius 2 is 2.46 bits per heavy atom. The highest BCUT2D eigenvalue weighted by molar-refractivity contribution is 5.28. The molecule has 3 nitrogen and oxygen atoms in total. The lowest BCUT2D eigenvalue weighted by molar-refractivity contribution is 0.175. The number of phenols is 1. The first-order chi connectivity index (χ1) is 6.65. The van der Waals surface area contributed by atoms with Gasteiger partial charge in [0.2, 0.25) is 0 Å². The normalized spacial score (nSPS) is 13.8.